The second-order valence-electron chi connectivity index (χ2n) is 6.42. The monoisotopic (exact) mass is 426 g/mol. The zero-order valence-electron chi connectivity index (χ0n) is 15.5. The number of nitrogens with zero attached hydrogens (tertiary/aromatic N) is 2. The summed E-state index contributed by atoms with van der Waals surface area (Å²) >= 11 is 4.24. The molecule has 27 heavy (non-hydrogen) atoms. The van der Waals surface area contributed by atoms with Gasteiger partial charge >= 0.3 is 5.97 Å². The van der Waals surface area contributed by atoms with Crippen molar-refractivity contribution < 1.29 is 14.3 Å². The average Bonchev–Trinajstić information content (AvgIpc) is 3.22. The normalized spacial score (nSPS) is 13.3. The summed E-state index contributed by atoms with van der Waals surface area (Å²) in [4.78, 5) is 25.8. The van der Waals surface area contributed by atoms with Crippen molar-refractivity contribution in [3.05, 3.63) is 16.0 Å². The fourth-order valence-electron chi connectivity index (χ4n) is 2.84. The van der Waals surface area contributed by atoms with Gasteiger partial charge in [0.05, 0.1) is 18.4 Å². The number of thiophene rings is 1. The Balaban J connectivity index is 1.64. The van der Waals surface area contributed by atoms with Crippen molar-refractivity contribution >= 4 is 56.4 Å². The van der Waals surface area contributed by atoms with E-state index in [0.29, 0.717) is 10.6 Å². The standard InChI is InChI=1S/C17H22N4O3S3/c1-9(2)18-16-20-21-17(27-16)25-8-12(22)19-14-13(15(23)24-3)10-6-4-5-7-11(10)26-14/h9H,4-8H2,1-3H3,(H,18,20)(H,19,22). The molecule has 1 aliphatic carbocycles. The molecule has 2 N–H and O–H groups in total. The van der Waals surface area contributed by atoms with Crippen molar-refractivity contribution in [3.63, 3.8) is 0 Å². The van der Waals surface area contributed by atoms with Gasteiger partial charge in [-0.1, -0.05) is 23.1 Å². The number of amides is 1. The van der Waals surface area contributed by atoms with Crippen LogP contribution < -0.4 is 10.6 Å². The van der Waals surface area contributed by atoms with E-state index < -0.39 is 0 Å². The number of aromatic nitrogens is 2. The number of ether oxygens (including phenoxy) is 1. The molecule has 146 valence electrons. The highest BCUT2D eigenvalue weighted by Gasteiger charge is 2.27. The van der Waals surface area contributed by atoms with E-state index in [4.69, 9.17) is 4.74 Å². The molecule has 7 nitrogen and oxygen atoms in total. The number of fused-ring (bicyclic) bond motifs is 1. The zero-order chi connectivity index (χ0) is 19.4. The summed E-state index contributed by atoms with van der Waals surface area (Å²) in [5.41, 5.74) is 1.56. The lowest BCUT2D eigenvalue weighted by atomic mass is 9.95. The van der Waals surface area contributed by atoms with Crippen LogP contribution >= 0.6 is 34.4 Å². The molecule has 10 heteroatoms. The summed E-state index contributed by atoms with van der Waals surface area (Å²) < 4.78 is 5.66. The van der Waals surface area contributed by atoms with E-state index in [2.05, 4.69) is 20.8 Å². The number of rotatable bonds is 7. The highest BCUT2D eigenvalue weighted by Crippen LogP contribution is 2.38. The summed E-state index contributed by atoms with van der Waals surface area (Å²) in [6.45, 7) is 4.06. The molecule has 1 amide bonds. The maximum atomic E-state index is 12.4. The molecule has 0 saturated carbocycles. The van der Waals surface area contributed by atoms with E-state index in [0.717, 1.165) is 40.7 Å². The van der Waals surface area contributed by atoms with Crippen molar-refractivity contribution in [1.82, 2.24) is 10.2 Å². The Bertz CT molecular complexity index is 832. The molecule has 0 unspecified atom stereocenters. The van der Waals surface area contributed by atoms with Crippen LogP contribution in [0.5, 0.6) is 0 Å². The first-order valence-electron chi connectivity index (χ1n) is 8.73. The van der Waals surface area contributed by atoms with Crippen LogP contribution in [-0.4, -0.2) is 41.0 Å². The molecule has 3 rings (SSSR count). The van der Waals surface area contributed by atoms with E-state index in [-0.39, 0.29) is 23.7 Å². The van der Waals surface area contributed by atoms with E-state index >= 15 is 0 Å². The Labute approximate surface area is 170 Å². The van der Waals surface area contributed by atoms with Crippen LogP contribution in [0.15, 0.2) is 4.34 Å². The molecule has 0 atom stereocenters. The molecule has 2 aromatic rings. The first kappa shape index (κ1) is 20.1. The average molecular weight is 427 g/mol. The van der Waals surface area contributed by atoms with Gasteiger partial charge < -0.3 is 15.4 Å². The summed E-state index contributed by atoms with van der Waals surface area (Å²) in [5.74, 6) is -0.345. The Hall–Kier alpha value is -1.65. The van der Waals surface area contributed by atoms with Gasteiger partial charge in [0.2, 0.25) is 11.0 Å². The fraction of sp³-hybridized carbons (Fsp3) is 0.529. The number of anilines is 2. The second-order valence-corrected chi connectivity index (χ2v) is 9.72. The number of hydrogen-bond acceptors (Lipinski definition) is 9. The van der Waals surface area contributed by atoms with Crippen LogP contribution in [0, 0.1) is 0 Å². The Morgan fingerprint density at radius 3 is 2.74 bits per heavy atom. The van der Waals surface area contributed by atoms with Gasteiger partial charge in [0, 0.05) is 10.9 Å². The van der Waals surface area contributed by atoms with E-state index in [1.165, 1.54) is 46.4 Å². The first-order valence-corrected chi connectivity index (χ1v) is 11.3. The van der Waals surface area contributed by atoms with Crippen molar-refractivity contribution in [2.45, 2.75) is 49.9 Å². The second kappa shape index (κ2) is 9.03. The molecule has 0 bridgehead atoms. The van der Waals surface area contributed by atoms with Crippen LogP contribution in [-0.2, 0) is 22.4 Å². The van der Waals surface area contributed by atoms with Crippen LogP contribution in [0.25, 0.3) is 0 Å². The number of nitrogens with one attached hydrogen (secondary N) is 2. The minimum absolute atomic E-state index is 0.169. The maximum absolute atomic E-state index is 12.4. The number of hydrogen-bond donors (Lipinski definition) is 2. The Kier molecular flexibility index (Phi) is 6.72. The number of carbonyl (C=O) groups excluding carboxylic acids is 2. The van der Waals surface area contributed by atoms with Crippen LogP contribution in [0.4, 0.5) is 10.1 Å². The van der Waals surface area contributed by atoms with Gasteiger partial charge in [-0.25, -0.2) is 4.79 Å². The molecular weight excluding hydrogens is 404 g/mol. The summed E-state index contributed by atoms with van der Waals surface area (Å²) in [6.07, 6.45) is 3.98. The van der Waals surface area contributed by atoms with E-state index in [1.807, 2.05) is 13.8 Å². The molecule has 2 aromatic heterocycles. The van der Waals surface area contributed by atoms with Gasteiger partial charge in [-0.2, -0.15) is 0 Å². The van der Waals surface area contributed by atoms with Gasteiger partial charge in [-0.05, 0) is 45.1 Å². The number of carbonyl (C=O) groups is 2. The summed E-state index contributed by atoms with van der Waals surface area (Å²) in [6, 6.07) is 0.278. The van der Waals surface area contributed by atoms with Crippen LogP contribution in [0.1, 0.15) is 47.5 Å². The topological polar surface area (TPSA) is 93.2 Å². The lowest BCUT2D eigenvalue weighted by molar-refractivity contribution is -0.113. The maximum Gasteiger partial charge on any atom is 0.341 e. The third-order valence-corrected chi connectivity index (χ3v) is 7.15. The predicted octanol–water partition coefficient (Wildman–Crippen LogP) is 3.82. The molecule has 1 aliphatic rings. The lowest BCUT2D eigenvalue weighted by Gasteiger charge is -2.11. The van der Waals surface area contributed by atoms with Crippen molar-refractivity contribution in [2.24, 2.45) is 0 Å². The lowest BCUT2D eigenvalue weighted by Crippen LogP contribution is -2.16. The van der Waals surface area contributed by atoms with E-state index in [1.54, 1.807) is 0 Å². The van der Waals surface area contributed by atoms with Gasteiger partial charge in [0.25, 0.3) is 0 Å². The first-order chi connectivity index (χ1) is 13.0. The molecule has 0 aromatic carbocycles. The number of methoxy groups -OCH3 is 1. The molecule has 0 fully saturated rings. The van der Waals surface area contributed by atoms with Crippen molar-refractivity contribution in [3.8, 4) is 0 Å². The smallest absolute Gasteiger partial charge is 0.341 e. The molecular formula is C17H22N4O3S3. The van der Waals surface area contributed by atoms with Crippen LogP contribution in [0.2, 0.25) is 0 Å². The predicted molar refractivity (Wildman–Crippen MR) is 110 cm³/mol. The fourth-order valence-corrected chi connectivity index (χ4v) is 5.83. The minimum Gasteiger partial charge on any atom is -0.465 e. The molecule has 2 heterocycles. The van der Waals surface area contributed by atoms with Crippen LogP contribution in [0.3, 0.4) is 0 Å². The minimum atomic E-state index is -0.383. The summed E-state index contributed by atoms with van der Waals surface area (Å²) in [7, 11) is 1.37. The zero-order valence-corrected chi connectivity index (χ0v) is 17.9. The van der Waals surface area contributed by atoms with Gasteiger partial charge in [-0.15, -0.1) is 21.5 Å². The summed E-state index contributed by atoms with van der Waals surface area (Å²) in [5, 5.41) is 15.6. The highest BCUT2D eigenvalue weighted by molar-refractivity contribution is 8.01. The van der Waals surface area contributed by atoms with Gasteiger partial charge in [0.15, 0.2) is 4.34 Å². The third kappa shape index (κ3) is 4.99. The number of aryl methyl sites for hydroxylation is 1. The van der Waals surface area contributed by atoms with E-state index in [9.17, 15) is 9.59 Å². The molecule has 0 saturated heterocycles. The quantitative estimate of drug-likeness (QED) is 0.513. The Morgan fingerprint density at radius 2 is 2.00 bits per heavy atom. The SMILES string of the molecule is COC(=O)c1c(NC(=O)CSc2nnc(NC(C)C)s2)sc2c1CCCC2. The van der Waals surface area contributed by atoms with Gasteiger partial charge in [-0.3, -0.25) is 4.79 Å². The molecule has 0 radical (unpaired) electrons. The van der Waals surface area contributed by atoms with Crippen molar-refractivity contribution in [2.75, 3.05) is 23.5 Å². The largest absolute Gasteiger partial charge is 0.465 e. The van der Waals surface area contributed by atoms with Crippen molar-refractivity contribution in [1.29, 1.82) is 0 Å². The number of thioether (sulfide) groups is 1. The number of esters is 1. The van der Waals surface area contributed by atoms with Gasteiger partial charge in [0.1, 0.15) is 5.00 Å². The Morgan fingerprint density at radius 1 is 1.22 bits per heavy atom. The third-order valence-electron chi connectivity index (χ3n) is 3.96. The molecule has 0 spiro atoms. The molecule has 0 aliphatic heterocycles. The highest BCUT2D eigenvalue weighted by atomic mass is 32.2.